The molecule has 2 heterocycles. The van der Waals surface area contributed by atoms with E-state index in [-0.39, 0.29) is 11.3 Å². The van der Waals surface area contributed by atoms with Crippen LogP contribution in [0.25, 0.3) is 0 Å². The molecule has 2 aromatic carbocycles. The number of benzene rings is 2. The molecule has 1 unspecified atom stereocenters. The predicted molar refractivity (Wildman–Crippen MR) is 130 cm³/mol. The van der Waals surface area contributed by atoms with Gasteiger partial charge in [-0.25, -0.2) is 0 Å². The lowest BCUT2D eigenvalue weighted by Gasteiger charge is -2.26. The van der Waals surface area contributed by atoms with E-state index in [1.165, 1.54) is 12.8 Å². The molecule has 0 radical (unpaired) electrons. The Kier molecular flexibility index (Phi) is 6.42. The number of hydrogen-bond acceptors (Lipinski definition) is 4. The van der Waals surface area contributed by atoms with Gasteiger partial charge in [-0.1, -0.05) is 0 Å². The number of anilines is 2. The summed E-state index contributed by atoms with van der Waals surface area (Å²) in [5, 5.41) is 2.99. The summed E-state index contributed by atoms with van der Waals surface area (Å²) in [6, 6.07) is 13.1. The molecule has 1 aliphatic carbocycles. The number of rotatable bonds is 7. The summed E-state index contributed by atoms with van der Waals surface area (Å²) >= 11 is 0. The van der Waals surface area contributed by atoms with Gasteiger partial charge in [0, 0.05) is 42.0 Å². The Labute approximate surface area is 204 Å². The number of carbonyl (C=O) groups excluding carboxylic acids is 1. The molecule has 0 aromatic heterocycles. The number of likely N-dealkylation sites (tertiary alicyclic amines) is 1. The van der Waals surface area contributed by atoms with Gasteiger partial charge in [0.25, 0.3) is 5.91 Å². The first-order chi connectivity index (χ1) is 16.7. The van der Waals surface area contributed by atoms with Crippen molar-refractivity contribution in [2.24, 2.45) is 11.3 Å². The van der Waals surface area contributed by atoms with Gasteiger partial charge in [0.15, 0.2) is 0 Å². The number of aryl methyl sites for hydroxylation is 1. The first-order valence-corrected chi connectivity index (χ1v) is 12.4. The standard InChI is InChI=1S/C27H32F3N3O2/c1-19-14-22(33-13-11-26(17-33)10-12-32(16-26)18-27(28,29)30)6-9-24(19)31-25(34)21-4-7-23(8-5-21)35-15-20-2-3-20/h4-9,14,20H,2-3,10-13,15-18H2,1H3,(H,31,34). The van der Waals surface area contributed by atoms with Gasteiger partial charge in [0.2, 0.25) is 0 Å². The second-order valence-electron chi connectivity index (χ2n) is 10.5. The summed E-state index contributed by atoms with van der Waals surface area (Å²) in [6.07, 6.45) is 0.0269. The molecule has 3 fully saturated rings. The van der Waals surface area contributed by atoms with Crippen molar-refractivity contribution < 1.29 is 22.7 Å². The van der Waals surface area contributed by atoms with Crippen LogP contribution in [-0.4, -0.2) is 56.3 Å². The van der Waals surface area contributed by atoms with Crippen LogP contribution in [0.2, 0.25) is 0 Å². The molecule has 0 bridgehead atoms. The summed E-state index contributed by atoms with van der Waals surface area (Å²) in [6.45, 7) is 4.48. The number of ether oxygens (including phenoxy) is 1. The average Bonchev–Trinajstić information content (AvgIpc) is 3.44. The van der Waals surface area contributed by atoms with E-state index in [4.69, 9.17) is 4.74 Å². The molecular weight excluding hydrogens is 455 g/mol. The van der Waals surface area contributed by atoms with Crippen LogP contribution in [0.4, 0.5) is 24.5 Å². The van der Waals surface area contributed by atoms with Crippen molar-refractivity contribution >= 4 is 17.3 Å². The molecule has 1 spiro atoms. The number of hydrogen-bond donors (Lipinski definition) is 1. The number of alkyl halides is 3. The maximum atomic E-state index is 12.8. The summed E-state index contributed by atoms with van der Waals surface area (Å²) in [7, 11) is 0. The molecule has 8 heteroatoms. The Morgan fingerprint density at radius 1 is 1.09 bits per heavy atom. The van der Waals surface area contributed by atoms with E-state index in [0.29, 0.717) is 24.6 Å². The van der Waals surface area contributed by atoms with Crippen LogP contribution >= 0.6 is 0 Å². The molecule has 188 valence electrons. The van der Waals surface area contributed by atoms with Crippen molar-refractivity contribution in [2.45, 2.75) is 38.8 Å². The monoisotopic (exact) mass is 487 g/mol. The van der Waals surface area contributed by atoms with Crippen molar-refractivity contribution in [1.29, 1.82) is 0 Å². The molecule has 1 amide bonds. The zero-order valence-electron chi connectivity index (χ0n) is 20.0. The van der Waals surface area contributed by atoms with Crippen molar-refractivity contribution in [3.63, 3.8) is 0 Å². The second-order valence-corrected chi connectivity index (χ2v) is 10.5. The SMILES string of the molecule is Cc1cc(N2CCC3(CCN(CC(F)(F)F)C3)C2)ccc1NC(=O)c1ccc(OCC2CC2)cc1. The fourth-order valence-corrected chi connectivity index (χ4v) is 5.29. The van der Waals surface area contributed by atoms with E-state index >= 15 is 0 Å². The fourth-order valence-electron chi connectivity index (χ4n) is 5.29. The normalized spacial score (nSPS) is 22.7. The van der Waals surface area contributed by atoms with Gasteiger partial charge >= 0.3 is 6.18 Å². The Balaban J connectivity index is 1.17. The van der Waals surface area contributed by atoms with Gasteiger partial charge in [-0.05, 0) is 93.1 Å². The maximum absolute atomic E-state index is 12.8. The van der Waals surface area contributed by atoms with E-state index in [9.17, 15) is 18.0 Å². The number of carbonyl (C=O) groups is 1. The van der Waals surface area contributed by atoms with Crippen LogP contribution in [0.5, 0.6) is 5.75 Å². The second kappa shape index (κ2) is 9.37. The summed E-state index contributed by atoms with van der Waals surface area (Å²) in [4.78, 5) is 16.5. The molecule has 5 nitrogen and oxygen atoms in total. The lowest BCUT2D eigenvalue weighted by atomic mass is 9.86. The van der Waals surface area contributed by atoms with Crippen LogP contribution in [0, 0.1) is 18.3 Å². The Bertz CT molecular complexity index is 1070. The highest BCUT2D eigenvalue weighted by atomic mass is 19.4. The van der Waals surface area contributed by atoms with Gasteiger partial charge in [-0.2, -0.15) is 13.2 Å². The number of nitrogens with one attached hydrogen (secondary N) is 1. The van der Waals surface area contributed by atoms with Gasteiger partial charge in [0.05, 0.1) is 13.2 Å². The summed E-state index contributed by atoms with van der Waals surface area (Å²) < 4.78 is 44.1. The van der Waals surface area contributed by atoms with E-state index in [2.05, 4.69) is 10.2 Å². The number of halogens is 3. The highest BCUT2D eigenvalue weighted by molar-refractivity contribution is 6.04. The predicted octanol–water partition coefficient (Wildman–Crippen LogP) is 5.50. The molecule has 35 heavy (non-hydrogen) atoms. The summed E-state index contributed by atoms with van der Waals surface area (Å²) in [5.41, 5.74) is 3.24. The minimum Gasteiger partial charge on any atom is -0.493 e. The van der Waals surface area contributed by atoms with Crippen molar-refractivity contribution in [1.82, 2.24) is 4.90 Å². The highest BCUT2D eigenvalue weighted by Gasteiger charge is 2.45. The van der Waals surface area contributed by atoms with E-state index in [1.54, 1.807) is 17.0 Å². The lowest BCUT2D eigenvalue weighted by Crippen LogP contribution is -2.35. The molecule has 2 aliphatic heterocycles. The lowest BCUT2D eigenvalue weighted by molar-refractivity contribution is -0.144. The number of nitrogens with zero attached hydrogens (tertiary/aromatic N) is 2. The quantitative estimate of drug-likeness (QED) is 0.560. The topological polar surface area (TPSA) is 44.8 Å². The first kappa shape index (κ1) is 24.0. The minimum atomic E-state index is -4.15. The Hall–Kier alpha value is -2.74. The van der Waals surface area contributed by atoms with Gasteiger partial charge in [0.1, 0.15) is 5.75 Å². The molecule has 5 rings (SSSR count). The number of amides is 1. The molecule has 1 atom stereocenters. The van der Waals surface area contributed by atoms with Crippen molar-refractivity contribution in [3.05, 3.63) is 53.6 Å². The van der Waals surface area contributed by atoms with Crippen LogP contribution in [0.15, 0.2) is 42.5 Å². The van der Waals surface area contributed by atoms with Crippen LogP contribution in [-0.2, 0) is 0 Å². The average molecular weight is 488 g/mol. The molecule has 1 N–H and O–H groups in total. The summed E-state index contributed by atoms with van der Waals surface area (Å²) in [5.74, 6) is 1.28. The zero-order chi connectivity index (χ0) is 24.6. The smallest absolute Gasteiger partial charge is 0.401 e. The van der Waals surface area contributed by atoms with Crippen LogP contribution < -0.4 is 15.0 Å². The molecule has 3 aliphatic rings. The van der Waals surface area contributed by atoms with E-state index in [0.717, 1.165) is 55.2 Å². The van der Waals surface area contributed by atoms with Crippen LogP contribution in [0.3, 0.4) is 0 Å². The Morgan fingerprint density at radius 2 is 1.83 bits per heavy atom. The van der Waals surface area contributed by atoms with Crippen LogP contribution in [0.1, 0.15) is 41.6 Å². The largest absolute Gasteiger partial charge is 0.493 e. The van der Waals surface area contributed by atoms with Crippen molar-refractivity contribution in [3.8, 4) is 5.75 Å². The van der Waals surface area contributed by atoms with Gasteiger partial charge in [-0.3, -0.25) is 9.69 Å². The third-order valence-corrected chi connectivity index (χ3v) is 7.48. The fraction of sp³-hybridized carbons (Fsp3) is 0.519. The van der Waals surface area contributed by atoms with Gasteiger partial charge in [-0.15, -0.1) is 0 Å². The maximum Gasteiger partial charge on any atom is 0.401 e. The molecule has 1 saturated carbocycles. The third-order valence-electron chi connectivity index (χ3n) is 7.48. The van der Waals surface area contributed by atoms with E-state index in [1.807, 2.05) is 37.3 Å². The molecule has 2 saturated heterocycles. The van der Waals surface area contributed by atoms with E-state index < -0.39 is 12.7 Å². The van der Waals surface area contributed by atoms with Gasteiger partial charge < -0.3 is 15.0 Å². The molecule has 2 aromatic rings. The van der Waals surface area contributed by atoms with Crippen molar-refractivity contribution in [2.75, 3.05) is 49.5 Å². The zero-order valence-corrected chi connectivity index (χ0v) is 20.0. The Morgan fingerprint density at radius 3 is 2.51 bits per heavy atom. The minimum absolute atomic E-state index is 0.0689. The first-order valence-electron chi connectivity index (χ1n) is 12.4. The highest BCUT2D eigenvalue weighted by Crippen LogP contribution is 2.42. The third kappa shape index (κ3) is 5.92. The molecular formula is C27H32F3N3O2.